The molecule has 27 heavy (non-hydrogen) atoms. The number of aromatic nitrogens is 2. The van der Waals surface area contributed by atoms with Gasteiger partial charge in [0.1, 0.15) is 6.26 Å². The Morgan fingerprint density at radius 3 is 2.96 bits per heavy atom. The van der Waals surface area contributed by atoms with Crippen LogP contribution in [0.2, 0.25) is 0 Å². The summed E-state index contributed by atoms with van der Waals surface area (Å²) in [6.45, 7) is 3.27. The number of hydrogen-bond acceptors (Lipinski definition) is 5. The van der Waals surface area contributed by atoms with E-state index in [0.29, 0.717) is 23.7 Å². The van der Waals surface area contributed by atoms with E-state index in [-0.39, 0.29) is 11.9 Å². The third kappa shape index (κ3) is 3.25. The number of piperidine rings is 1. The molecule has 3 heterocycles. The number of carbonyl (C=O) groups is 2. The van der Waals surface area contributed by atoms with Gasteiger partial charge in [0.15, 0.2) is 11.6 Å². The summed E-state index contributed by atoms with van der Waals surface area (Å²) < 4.78 is 5.11. The number of primary amides is 1. The van der Waals surface area contributed by atoms with Crippen LogP contribution in [0, 0.1) is 6.92 Å². The summed E-state index contributed by atoms with van der Waals surface area (Å²) >= 11 is 0. The molecule has 2 aromatic heterocycles. The van der Waals surface area contributed by atoms with E-state index in [1.54, 1.807) is 19.2 Å². The summed E-state index contributed by atoms with van der Waals surface area (Å²) in [5, 5.41) is 3.98. The molecule has 0 saturated carbocycles. The first-order valence-corrected chi connectivity index (χ1v) is 8.91. The van der Waals surface area contributed by atoms with Gasteiger partial charge in [-0.25, -0.2) is 4.98 Å². The molecule has 1 fully saturated rings. The highest BCUT2D eigenvalue weighted by Crippen LogP contribution is 2.30. The Morgan fingerprint density at radius 2 is 2.22 bits per heavy atom. The van der Waals surface area contributed by atoms with Crippen molar-refractivity contribution in [1.29, 1.82) is 0 Å². The van der Waals surface area contributed by atoms with Crippen molar-refractivity contribution in [3.63, 3.8) is 0 Å². The van der Waals surface area contributed by atoms with Gasteiger partial charge in [0.2, 0.25) is 0 Å². The minimum absolute atomic E-state index is 0.00747. The monoisotopic (exact) mass is 367 g/mol. The summed E-state index contributed by atoms with van der Waals surface area (Å²) in [7, 11) is 0. The molecule has 0 radical (unpaired) electrons. The lowest BCUT2D eigenvalue weighted by Crippen LogP contribution is -2.48. The molecule has 0 unspecified atom stereocenters. The van der Waals surface area contributed by atoms with Gasteiger partial charge in [-0.05, 0) is 31.0 Å². The summed E-state index contributed by atoms with van der Waals surface area (Å²) in [5.74, 6) is -0.218. The highest BCUT2D eigenvalue weighted by atomic mass is 16.3. The number of anilines is 1. The lowest BCUT2D eigenvalue weighted by Gasteiger charge is -2.35. The molecule has 8 nitrogen and oxygen atoms in total. The Hall–Kier alpha value is -3.29. The SMILES string of the molecule is Cc1nc(C(=O)N[C@@H]2CCCN(c3ccc(C(N)=O)c4[nH]ccc34)C2)co1. The van der Waals surface area contributed by atoms with Crippen molar-refractivity contribution in [2.75, 3.05) is 18.0 Å². The second-order valence-electron chi connectivity index (χ2n) is 6.77. The van der Waals surface area contributed by atoms with Crippen molar-refractivity contribution in [3.8, 4) is 0 Å². The molecular weight excluding hydrogens is 346 g/mol. The molecule has 1 aromatic carbocycles. The summed E-state index contributed by atoms with van der Waals surface area (Å²) in [6, 6.07) is 5.61. The van der Waals surface area contributed by atoms with Gasteiger partial charge in [-0.2, -0.15) is 0 Å². The van der Waals surface area contributed by atoms with Gasteiger partial charge < -0.3 is 25.4 Å². The largest absolute Gasteiger partial charge is 0.448 e. The lowest BCUT2D eigenvalue weighted by molar-refractivity contribution is 0.0927. The average Bonchev–Trinajstić information content (AvgIpc) is 3.30. The summed E-state index contributed by atoms with van der Waals surface area (Å²) in [5.41, 5.74) is 8.00. The van der Waals surface area contributed by atoms with Crippen LogP contribution < -0.4 is 16.0 Å². The number of amides is 2. The first kappa shape index (κ1) is 17.1. The standard InChI is InChI=1S/C19H21N5O3/c1-11-22-15(10-27-11)19(26)23-12-3-2-8-24(9-12)16-5-4-14(18(20)25)17-13(16)6-7-21-17/h4-7,10,12,21H,2-3,8-9H2,1H3,(H2,20,25)(H,23,26)/t12-/m1/s1. The zero-order chi connectivity index (χ0) is 19.0. The second kappa shape index (κ2) is 6.79. The number of oxazole rings is 1. The van der Waals surface area contributed by atoms with Crippen LogP contribution in [0.1, 0.15) is 39.6 Å². The number of aromatic amines is 1. The number of hydrogen-bond donors (Lipinski definition) is 3. The van der Waals surface area contributed by atoms with Gasteiger partial charge in [0.25, 0.3) is 11.8 Å². The van der Waals surface area contributed by atoms with Crippen molar-refractivity contribution in [3.05, 3.63) is 47.8 Å². The van der Waals surface area contributed by atoms with Gasteiger partial charge in [-0.15, -0.1) is 0 Å². The predicted molar refractivity (Wildman–Crippen MR) is 101 cm³/mol. The fourth-order valence-electron chi connectivity index (χ4n) is 3.66. The van der Waals surface area contributed by atoms with Crippen LogP contribution in [0.5, 0.6) is 0 Å². The Morgan fingerprint density at radius 1 is 1.37 bits per heavy atom. The number of aryl methyl sites for hydroxylation is 1. The maximum Gasteiger partial charge on any atom is 0.273 e. The van der Waals surface area contributed by atoms with Crippen LogP contribution in [0.4, 0.5) is 5.69 Å². The van der Waals surface area contributed by atoms with Gasteiger partial charge in [-0.3, -0.25) is 9.59 Å². The quantitative estimate of drug-likeness (QED) is 0.652. The molecule has 1 saturated heterocycles. The van der Waals surface area contributed by atoms with Gasteiger partial charge in [0, 0.05) is 43.3 Å². The maximum absolute atomic E-state index is 12.4. The first-order chi connectivity index (χ1) is 13.0. The van der Waals surface area contributed by atoms with Crippen LogP contribution >= 0.6 is 0 Å². The number of nitrogens with zero attached hydrogens (tertiary/aromatic N) is 2. The van der Waals surface area contributed by atoms with Crippen molar-refractivity contribution in [2.24, 2.45) is 5.73 Å². The molecule has 140 valence electrons. The van der Waals surface area contributed by atoms with Crippen LogP contribution in [-0.4, -0.2) is 40.9 Å². The molecule has 8 heteroatoms. The molecule has 2 amide bonds. The fraction of sp³-hybridized carbons (Fsp3) is 0.316. The van der Waals surface area contributed by atoms with Crippen molar-refractivity contribution < 1.29 is 14.0 Å². The van der Waals surface area contributed by atoms with E-state index < -0.39 is 5.91 Å². The van der Waals surface area contributed by atoms with E-state index in [4.69, 9.17) is 10.2 Å². The molecular formula is C19H21N5O3. The Kier molecular flexibility index (Phi) is 4.31. The van der Waals surface area contributed by atoms with Crippen LogP contribution in [0.25, 0.3) is 10.9 Å². The topological polar surface area (TPSA) is 117 Å². The number of H-pyrrole nitrogens is 1. The number of nitrogens with two attached hydrogens (primary N) is 1. The molecule has 1 aliphatic rings. The number of fused-ring (bicyclic) bond motifs is 1. The normalized spacial score (nSPS) is 17.2. The van der Waals surface area contributed by atoms with E-state index in [2.05, 4.69) is 20.2 Å². The zero-order valence-electron chi connectivity index (χ0n) is 15.0. The van der Waals surface area contributed by atoms with Crippen LogP contribution in [0.3, 0.4) is 0 Å². The van der Waals surface area contributed by atoms with E-state index >= 15 is 0 Å². The second-order valence-corrected chi connectivity index (χ2v) is 6.77. The number of carbonyl (C=O) groups excluding carboxylic acids is 2. The molecule has 0 bridgehead atoms. The molecule has 0 spiro atoms. The smallest absolute Gasteiger partial charge is 0.273 e. The highest BCUT2D eigenvalue weighted by molar-refractivity contribution is 6.08. The Bertz CT molecular complexity index is 1010. The summed E-state index contributed by atoms with van der Waals surface area (Å²) in [6.07, 6.45) is 5.02. The number of benzene rings is 1. The molecule has 0 aliphatic carbocycles. The third-order valence-electron chi connectivity index (χ3n) is 4.91. The van der Waals surface area contributed by atoms with E-state index in [9.17, 15) is 9.59 Å². The third-order valence-corrected chi connectivity index (χ3v) is 4.91. The Labute approximate surface area is 155 Å². The van der Waals surface area contributed by atoms with E-state index in [1.807, 2.05) is 12.1 Å². The van der Waals surface area contributed by atoms with E-state index in [0.717, 1.165) is 36.0 Å². The van der Waals surface area contributed by atoms with Gasteiger partial charge in [-0.1, -0.05) is 0 Å². The zero-order valence-corrected chi connectivity index (χ0v) is 15.0. The minimum Gasteiger partial charge on any atom is -0.448 e. The minimum atomic E-state index is -0.458. The molecule has 1 atom stereocenters. The van der Waals surface area contributed by atoms with Crippen LogP contribution in [-0.2, 0) is 0 Å². The van der Waals surface area contributed by atoms with Crippen LogP contribution in [0.15, 0.2) is 35.1 Å². The summed E-state index contributed by atoms with van der Waals surface area (Å²) in [4.78, 5) is 33.4. The van der Waals surface area contributed by atoms with Crippen molar-refractivity contribution >= 4 is 28.4 Å². The average molecular weight is 367 g/mol. The number of nitrogens with one attached hydrogen (secondary N) is 2. The van der Waals surface area contributed by atoms with Crippen molar-refractivity contribution in [1.82, 2.24) is 15.3 Å². The predicted octanol–water partition coefficient (Wildman–Crippen LogP) is 1.96. The molecule has 3 aromatic rings. The highest BCUT2D eigenvalue weighted by Gasteiger charge is 2.25. The maximum atomic E-state index is 12.4. The molecule has 4 N–H and O–H groups in total. The van der Waals surface area contributed by atoms with Gasteiger partial charge in [0.05, 0.1) is 11.1 Å². The fourth-order valence-corrected chi connectivity index (χ4v) is 3.66. The van der Waals surface area contributed by atoms with Crippen molar-refractivity contribution in [2.45, 2.75) is 25.8 Å². The molecule has 1 aliphatic heterocycles. The lowest BCUT2D eigenvalue weighted by atomic mass is 10.0. The Balaban J connectivity index is 1.54. The first-order valence-electron chi connectivity index (χ1n) is 8.91. The van der Waals surface area contributed by atoms with Gasteiger partial charge >= 0.3 is 0 Å². The van der Waals surface area contributed by atoms with E-state index in [1.165, 1.54) is 6.26 Å². The number of rotatable bonds is 4. The molecule has 4 rings (SSSR count).